The van der Waals surface area contributed by atoms with Crippen LogP contribution in [0.3, 0.4) is 0 Å². The molecule has 1 fully saturated rings. The zero-order chi connectivity index (χ0) is 23.5. The van der Waals surface area contributed by atoms with Crippen molar-refractivity contribution < 1.29 is 38.0 Å². The number of hydrogen-bond acceptors (Lipinski definition) is 6. The first-order valence-corrected chi connectivity index (χ1v) is 11.4. The van der Waals surface area contributed by atoms with Gasteiger partial charge in [0, 0.05) is 5.02 Å². The second-order valence-corrected chi connectivity index (χ2v) is 8.92. The topological polar surface area (TPSA) is 79.2 Å². The van der Waals surface area contributed by atoms with E-state index >= 15 is 0 Å². The summed E-state index contributed by atoms with van der Waals surface area (Å²) in [5, 5.41) is 31.2. The van der Waals surface area contributed by atoms with E-state index in [1.807, 2.05) is 31.2 Å². The molecule has 0 unspecified atom stereocenters. The SMILES string of the molecule is CCOc1ccc(Cc2cc([C@@H]3O[C@H](SCC(F)(F)F)[C@@H](O)[C@H](O)[C@H]3O)ccc2Cl)cc1. The Morgan fingerprint density at radius 2 is 1.72 bits per heavy atom. The van der Waals surface area contributed by atoms with Gasteiger partial charge in [0.2, 0.25) is 0 Å². The Labute approximate surface area is 193 Å². The monoisotopic (exact) mass is 492 g/mol. The van der Waals surface area contributed by atoms with E-state index in [0.29, 0.717) is 40.9 Å². The summed E-state index contributed by atoms with van der Waals surface area (Å²) in [5.41, 5.74) is 0.743. The Morgan fingerprint density at radius 1 is 1.03 bits per heavy atom. The van der Waals surface area contributed by atoms with Crippen molar-refractivity contribution in [1.29, 1.82) is 0 Å². The number of thioether (sulfide) groups is 1. The Kier molecular flexibility index (Phi) is 8.35. The van der Waals surface area contributed by atoms with E-state index in [2.05, 4.69) is 0 Å². The zero-order valence-corrected chi connectivity index (χ0v) is 18.7. The summed E-state index contributed by atoms with van der Waals surface area (Å²) in [7, 11) is 0. The summed E-state index contributed by atoms with van der Waals surface area (Å²) < 4.78 is 48.9. The van der Waals surface area contributed by atoms with Gasteiger partial charge in [0.15, 0.2) is 0 Å². The van der Waals surface area contributed by atoms with Crippen LogP contribution >= 0.6 is 23.4 Å². The van der Waals surface area contributed by atoms with E-state index in [9.17, 15) is 28.5 Å². The fraction of sp³-hybridized carbons (Fsp3) is 0.455. The maximum atomic E-state index is 12.6. The minimum atomic E-state index is -4.46. The van der Waals surface area contributed by atoms with E-state index in [0.717, 1.165) is 11.3 Å². The van der Waals surface area contributed by atoms with Crippen molar-refractivity contribution in [2.45, 2.75) is 49.4 Å². The van der Waals surface area contributed by atoms with Gasteiger partial charge >= 0.3 is 6.18 Å². The largest absolute Gasteiger partial charge is 0.494 e. The molecule has 2 aromatic rings. The first-order valence-electron chi connectivity index (χ1n) is 9.97. The highest BCUT2D eigenvalue weighted by molar-refractivity contribution is 7.99. The maximum Gasteiger partial charge on any atom is 0.397 e. The number of aliphatic hydroxyl groups excluding tert-OH is 3. The number of rotatable bonds is 7. The molecule has 0 saturated carbocycles. The van der Waals surface area contributed by atoms with Crippen molar-refractivity contribution in [3.05, 3.63) is 64.2 Å². The highest BCUT2D eigenvalue weighted by atomic mass is 35.5. The van der Waals surface area contributed by atoms with Crippen LogP contribution < -0.4 is 4.74 Å². The standard InChI is InChI=1S/C22H24ClF3O5S/c1-2-30-15-6-3-12(4-7-15)9-14-10-13(5-8-16(14)23)20-18(28)17(27)19(29)21(31-20)32-11-22(24,25)26/h3-8,10,17-21,27-29H,2,9,11H2,1H3/t17-,18-,19+,20+,21-/m1/s1. The lowest BCUT2D eigenvalue weighted by molar-refractivity contribution is -0.200. The molecule has 3 N–H and O–H groups in total. The van der Waals surface area contributed by atoms with Gasteiger partial charge < -0.3 is 24.8 Å². The van der Waals surface area contributed by atoms with Crippen molar-refractivity contribution in [2.75, 3.05) is 12.4 Å². The van der Waals surface area contributed by atoms with Crippen molar-refractivity contribution in [3.63, 3.8) is 0 Å². The van der Waals surface area contributed by atoms with Gasteiger partial charge in [-0.15, -0.1) is 11.8 Å². The number of ether oxygens (including phenoxy) is 2. The van der Waals surface area contributed by atoms with E-state index < -0.39 is 41.8 Å². The molecule has 1 saturated heterocycles. The van der Waals surface area contributed by atoms with Gasteiger partial charge in [-0.2, -0.15) is 13.2 Å². The molecule has 176 valence electrons. The average molecular weight is 493 g/mol. The highest BCUT2D eigenvalue weighted by Crippen LogP contribution is 2.39. The Balaban J connectivity index is 1.80. The van der Waals surface area contributed by atoms with Gasteiger partial charge in [0.25, 0.3) is 0 Å². The summed E-state index contributed by atoms with van der Waals surface area (Å²) in [6.45, 7) is 2.45. The van der Waals surface area contributed by atoms with Gasteiger partial charge in [-0.1, -0.05) is 35.9 Å². The quantitative estimate of drug-likeness (QED) is 0.540. The molecule has 0 aliphatic carbocycles. The lowest BCUT2D eigenvalue weighted by Gasteiger charge is -2.40. The van der Waals surface area contributed by atoms with Crippen LogP contribution in [0.2, 0.25) is 5.02 Å². The second kappa shape index (κ2) is 10.6. The zero-order valence-electron chi connectivity index (χ0n) is 17.1. The van der Waals surface area contributed by atoms with Crippen molar-refractivity contribution in [1.82, 2.24) is 0 Å². The summed E-state index contributed by atoms with van der Waals surface area (Å²) in [5.74, 6) is -0.516. The fourth-order valence-corrected chi connectivity index (χ4v) is 4.53. The lowest BCUT2D eigenvalue weighted by atomic mass is 9.92. The van der Waals surface area contributed by atoms with Crippen LogP contribution in [-0.4, -0.2) is 57.6 Å². The molecule has 0 amide bonds. The van der Waals surface area contributed by atoms with E-state index in [1.165, 1.54) is 0 Å². The molecule has 5 atom stereocenters. The smallest absolute Gasteiger partial charge is 0.397 e. The number of halogens is 4. The molecule has 5 nitrogen and oxygen atoms in total. The molecular formula is C22H24ClF3O5S. The molecule has 2 aromatic carbocycles. The molecule has 3 rings (SSSR count). The molecule has 10 heteroatoms. The van der Waals surface area contributed by atoms with Gasteiger partial charge in [0.05, 0.1) is 12.4 Å². The molecule has 0 aromatic heterocycles. The molecule has 0 spiro atoms. The second-order valence-electron chi connectivity index (χ2n) is 7.43. The van der Waals surface area contributed by atoms with E-state index in [1.54, 1.807) is 18.2 Å². The van der Waals surface area contributed by atoms with Crippen LogP contribution in [0.5, 0.6) is 5.75 Å². The summed E-state index contributed by atoms with van der Waals surface area (Å²) in [6, 6.07) is 12.3. The van der Waals surface area contributed by atoms with Gasteiger partial charge in [-0.05, 0) is 48.2 Å². The molecule has 32 heavy (non-hydrogen) atoms. The summed E-state index contributed by atoms with van der Waals surface area (Å²) in [6.07, 6.45) is -9.98. The lowest BCUT2D eigenvalue weighted by Crippen LogP contribution is -2.53. The predicted molar refractivity (Wildman–Crippen MR) is 116 cm³/mol. The van der Waals surface area contributed by atoms with Crippen LogP contribution in [0, 0.1) is 0 Å². The number of benzene rings is 2. The summed E-state index contributed by atoms with van der Waals surface area (Å²) >= 11 is 6.66. The maximum absolute atomic E-state index is 12.6. The molecule has 1 heterocycles. The number of aliphatic hydroxyl groups is 3. The van der Waals surface area contributed by atoms with Crippen LogP contribution in [0.4, 0.5) is 13.2 Å². The normalized spacial score (nSPS) is 26.2. The predicted octanol–water partition coefficient (Wildman–Crippen LogP) is 4.11. The van der Waals surface area contributed by atoms with E-state index in [-0.39, 0.29) is 0 Å². The van der Waals surface area contributed by atoms with Crippen LogP contribution in [0.15, 0.2) is 42.5 Å². The molecule has 1 aliphatic heterocycles. The van der Waals surface area contributed by atoms with Crippen LogP contribution in [0.25, 0.3) is 0 Å². The Bertz CT molecular complexity index is 896. The van der Waals surface area contributed by atoms with Crippen molar-refractivity contribution >= 4 is 23.4 Å². The van der Waals surface area contributed by atoms with Crippen LogP contribution in [-0.2, 0) is 11.2 Å². The van der Waals surface area contributed by atoms with Crippen molar-refractivity contribution in [3.8, 4) is 5.75 Å². The van der Waals surface area contributed by atoms with Gasteiger partial charge in [-0.25, -0.2) is 0 Å². The molecule has 0 bridgehead atoms. The van der Waals surface area contributed by atoms with E-state index in [4.69, 9.17) is 21.1 Å². The first-order chi connectivity index (χ1) is 15.1. The first kappa shape index (κ1) is 25.1. The Hall–Kier alpha value is -1.49. The fourth-order valence-electron chi connectivity index (χ4n) is 3.44. The Morgan fingerprint density at radius 3 is 2.34 bits per heavy atom. The third kappa shape index (κ3) is 6.30. The van der Waals surface area contributed by atoms with Crippen LogP contribution in [0.1, 0.15) is 29.7 Å². The average Bonchev–Trinajstić information content (AvgIpc) is 2.74. The number of alkyl halides is 3. The molecule has 0 radical (unpaired) electrons. The van der Waals surface area contributed by atoms with Gasteiger partial charge in [-0.3, -0.25) is 0 Å². The minimum Gasteiger partial charge on any atom is -0.494 e. The third-order valence-corrected chi connectivity index (χ3v) is 6.59. The third-order valence-electron chi connectivity index (χ3n) is 5.01. The minimum absolute atomic E-state index is 0.326. The van der Waals surface area contributed by atoms with Gasteiger partial charge in [0.1, 0.15) is 35.6 Å². The van der Waals surface area contributed by atoms with Crippen molar-refractivity contribution in [2.24, 2.45) is 0 Å². The number of hydrogen-bond donors (Lipinski definition) is 3. The highest BCUT2D eigenvalue weighted by Gasteiger charge is 2.45. The molecule has 1 aliphatic rings. The summed E-state index contributed by atoms with van der Waals surface area (Å²) in [4.78, 5) is 0. The molecular weight excluding hydrogens is 469 g/mol.